The number of rotatable bonds is 3. The van der Waals surface area contributed by atoms with Crippen LogP contribution in [0.4, 0.5) is 5.69 Å². The molecule has 2 atom stereocenters. The van der Waals surface area contributed by atoms with Crippen LogP contribution in [0.1, 0.15) is 39.2 Å². The highest BCUT2D eigenvalue weighted by atomic mass is 16.4. The van der Waals surface area contributed by atoms with E-state index in [0.29, 0.717) is 12.8 Å². The second-order valence-corrected chi connectivity index (χ2v) is 6.79. The van der Waals surface area contributed by atoms with Crippen molar-refractivity contribution in [2.24, 2.45) is 16.7 Å². The van der Waals surface area contributed by atoms with Gasteiger partial charge in [-0.15, -0.1) is 0 Å². The summed E-state index contributed by atoms with van der Waals surface area (Å²) in [6, 6.07) is 7.57. The zero-order chi connectivity index (χ0) is 15.8. The molecule has 1 aromatic carbocycles. The number of nitrogens with one attached hydrogen (secondary N) is 1. The van der Waals surface area contributed by atoms with Gasteiger partial charge in [0.05, 0.1) is 0 Å². The van der Waals surface area contributed by atoms with Crippen LogP contribution >= 0.6 is 0 Å². The summed E-state index contributed by atoms with van der Waals surface area (Å²) in [4.78, 5) is 24.0. The molecule has 114 valence electrons. The minimum absolute atomic E-state index is 0.117. The van der Waals surface area contributed by atoms with Gasteiger partial charge in [0.25, 0.3) is 0 Å². The van der Waals surface area contributed by atoms with Crippen molar-refractivity contribution in [1.29, 1.82) is 0 Å². The van der Waals surface area contributed by atoms with Crippen molar-refractivity contribution in [3.05, 3.63) is 29.8 Å². The number of hydrogen-bond donors (Lipinski definition) is 1. The Hall–Kier alpha value is -1.84. The van der Waals surface area contributed by atoms with E-state index >= 15 is 0 Å². The van der Waals surface area contributed by atoms with Gasteiger partial charge in [0.1, 0.15) is 0 Å². The third-order valence-electron chi connectivity index (χ3n) is 5.31. The van der Waals surface area contributed by atoms with E-state index in [1.807, 2.05) is 45.0 Å². The topological polar surface area (TPSA) is 69.2 Å². The highest BCUT2D eigenvalue weighted by Gasteiger charge is 2.54. The van der Waals surface area contributed by atoms with E-state index in [1.165, 1.54) is 0 Å². The minimum Gasteiger partial charge on any atom is -0.550 e. The summed E-state index contributed by atoms with van der Waals surface area (Å²) >= 11 is 0. The fourth-order valence-corrected chi connectivity index (χ4v) is 3.19. The van der Waals surface area contributed by atoms with Gasteiger partial charge in [0.2, 0.25) is 5.91 Å². The normalized spacial score (nSPS) is 27.3. The maximum absolute atomic E-state index is 12.5. The summed E-state index contributed by atoms with van der Waals surface area (Å²) in [5.41, 5.74) is 0.255. The second-order valence-electron chi connectivity index (χ2n) is 6.79. The maximum atomic E-state index is 12.5. The Morgan fingerprint density at radius 1 is 1.19 bits per heavy atom. The molecule has 4 heteroatoms. The fraction of sp³-hybridized carbons (Fsp3) is 0.529. The van der Waals surface area contributed by atoms with Crippen LogP contribution in [0.3, 0.4) is 0 Å². The van der Waals surface area contributed by atoms with Gasteiger partial charge in [-0.25, -0.2) is 0 Å². The largest absolute Gasteiger partial charge is 0.550 e. The Morgan fingerprint density at radius 2 is 1.76 bits per heavy atom. The molecule has 1 saturated carbocycles. The smallest absolute Gasteiger partial charge is 0.228 e. The molecule has 4 nitrogen and oxygen atoms in total. The lowest BCUT2D eigenvalue weighted by atomic mass is 9.65. The first-order chi connectivity index (χ1) is 9.68. The average Bonchev–Trinajstić information content (AvgIpc) is 2.64. The van der Waals surface area contributed by atoms with Gasteiger partial charge in [0.15, 0.2) is 0 Å². The fourth-order valence-electron chi connectivity index (χ4n) is 3.19. The molecule has 1 aliphatic carbocycles. The molecule has 1 aliphatic rings. The molecular formula is C17H22NO3-. The van der Waals surface area contributed by atoms with E-state index in [9.17, 15) is 14.7 Å². The number of amides is 1. The summed E-state index contributed by atoms with van der Waals surface area (Å²) in [7, 11) is 0. The molecule has 21 heavy (non-hydrogen) atoms. The number of benzene rings is 1. The molecule has 2 rings (SSSR count). The van der Waals surface area contributed by atoms with Crippen LogP contribution in [0.25, 0.3) is 0 Å². The quantitative estimate of drug-likeness (QED) is 0.926. The van der Waals surface area contributed by atoms with Crippen molar-refractivity contribution in [2.75, 3.05) is 5.32 Å². The van der Waals surface area contributed by atoms with Crippen LogP contribution in [0, 0.1) is 23.7 Å². The standard InChI is InChI=1S/C17H23NO3/c1-11-5-7-12(8-6-11)18-14(19)13-9-10-17(4,15(20)21)16(13,2)3/h5-8,13H,9-10H2,1-4H3,(H,18,19)(H,20,21)/p-1/t13-,17-/m0/s1. The zero-order valence-electron chi connectivity index (χ0n) is 13.0. The number of carboxylic acid groups (broad SMARTS) is 1. The van der Waals surface area contributed by atoms with E-state index in [0.717, 1.165) is 11.3 Å². The van der Waals surface area contributed by atoms with Crippen LogP contribution in [-0.2, 0) is 9.59 Å². The lowest BCUT2D eigenvalue weighted by Gasteiger charge is -2.41. The summed E-state index contributed by atoms with van der Waals surface area (Å²) in [5.74, 6) is -1.52. The van der Waals surface area contributed by atoms with Gasteiger partial charge in [-0.2, -0.15) is 0 Å². The number of hydrogen-bond acceptors (Lipinski definition) is 3. The Morgan fingerprint density at radius 3 is 2.24 bits per heavy atom. The first kappa shape index (κ1) is 15.5. The first-order valence-corrected chi connectivity index (χ1v) is 7.27. The maximum Gasteiger partial charge on any atom is 0.228 e. The van der Waals surface area contributed by atoms with Gasteiger partial charge in [0, 0.05) is 23.0 Å². The zero-order valence-corrected chi connectivity index (χ0v) is 13.0. The highest BCUT2D eigenvalue weighted by Crippen LogP contribution is 2.55. The van der Waals surface area contributed by atoms with E-state index < -0.39 is 16.8 Å². The van der Waals surface area contributed by atoms with Crippen LogP contribution in [0.15, 0.2) is 24.3 Å². The number of aliphatic carboxylic acids is 1. The Bertz CT molecular complexity index is 562. The number of carbonyl (C=O) groups is 2. The molecule has 0 spiro atoms. The highest BCUT2D eigenvalue weighted by molar-refractivity contribution is 5.94. The molecule has 0 aromatic heterocycles. The summed E-state index contributed by atoms with van der Waals surface area (Å²) in [6.45, 7) is 7.35. The molecular weight excluding hydrogens is 266 g/mol. The Labute approximate surface area is 125 Å². The molecule has 1 N–H and O–H groups in total. The van der Waals surface area contributed by atoms with Crippen molar-refractivity contribution < 1.29 is 14.7 Å². The predicted molar refractivity (Wildman–Crippen MR) is 79.4 cm³/mol. The summed E-state index contributed by atoms with van der Waals surface area (Å²) in [6.07, 6.45) is 1.03. The van der Waals surface area contributed by atoms with Gasteiger partial charge >= 0.3 is 0 Å². The third-order valence-corrected chi connectivity index (χ3v) is 5.31. The van der Waals surface area contributed by atoms with Crippen molar-refractivity contribution in [3.63, 3.8) is 0 Å². The third kappa shape index (κ3) is 2.55. The van der Waals surface area contributed by atoms with Gasteiger partial charge in [-0.05, 0) is 37.3 Å². The molecule has 1 aromatic rings. The first-order valence-electron chi connectivity index (χ1n) is 7.27. The second kappa shape index (κ2) is 5.17. The van der Waals surface area contributed by atoms with Crippen molar-refractivity contribution >= 4 is 17.6 Å². The van der Waals surface area contributed by atoms with Gasteiger partial charge in [-0.1, -0.05) is 38.5 Å². The van der Waals surface area contributed by atoms with E-state index in [1.54, 1.807) is 6.92 Å². The van der Waals surface area contributed by atoms with Crippen LogP contribution in [0.2, 0.25) is 0 Å². The number of anilines is 1. The molecule has 1 amide bonds. The predicted octanol–water partition coefficient (Wildman–Crippen LogP) is 2.13. The molecule has 0 aliphatic heterocycles. The van der Waals surface area contributed by atoms with E-state index in [4.69, 9.17) is 0 Å². The molecule has 0 unspecified atom stereocenters. The monoisotopic (exact) mass is 288 g/mol. The lowest BCUT2D eigenvalue weighted by Crippen LogP contribution is -2.49. The summed E-state index contributed by atoms with van der Waals surface area (Å²) in [5, 5.41) is 14.4. The van der Waals surface area contributed by atoms with Crippen LogP contribution < -0.4 is 10.4 Å². The van der Waals surface area contributed by atoms with E-state index in [2.05, 4.69) is 5.32 Å². The van der Waals surface area contributed by atoms with Crippen molar-refractivity contribution in [1.82, 2.24) is 0 Å². The molecule has 0 bridgehead atoms. The Balaban J connectivity index is 2.17. The van der Waals surface area contributed by atoms with Crippen molar-refractivity contribution in [3.8, 4) is 0 Å². The Kier molecular flexibility index (Phi) is 3.83. The number of carboxylic acids is 1. The SMILES string of the molecule is Cc1ccc(NC(=O)[C@@H]2CC[C@@](C)(C(=O)[O-])C2(C)C)cc1. The summed E-state index contributed by atoms with van der Waals surface area (Å²) < 4.78 is 0. The molecule has 1 fully saturated rings. The lowest BCUT2D eigenvalue weighted by molar-refractivity contribution is -0.323. The van der Waals surface area contributed by atoms with E-state index in [-0.39, 0.29) is 11.8 Å². The molecule has 0 radical (unpaired) electrons. The van der Waals surface area contributed by atoms with Crippen LogP contribution in [-0.4, -0.2) is 11.9 Å². The minimum atomic E-state index is -1.07. The van der Waals surface area contributed by atoms with Crippen molar-refractivity contribution in [2.45, 2.75) is 40.5 Å². The number of carbonyl (C=O) groups excluding carboxylic acids is 2. The average molecular weight is 288 g/mol. The van der Waals surface area contributed by atoms with Gasteiger partial charge < -0.3 is 15.2 Å². The molecule has 0 heterocycles. The van der Waals surface area contributed by atoms with Gasteiger partial charge in [-0.3, -0.25) is 4.79 Å². The van der Waals surface area contributed by atoms with Crippen LogP contribution in [0.5, 0.6) is 0 Å². The molecule has 0 saturated heterocycles. The number of aryl methyl sites for hydroxylation is 1.